The summed E-state index contributed by atoms with van der Waals surface area (Å²) in [7, 11) is 0. The highest BCUT2D eigenvalue weighted by Gasteiger charge is 2.43. The third kappa shape index (κ3) is 6.50. The molecular weight excluding hydrogens is 312 g/mol. The van der Waals surface area contributed by atoms with Crippen molar-refractivity contribution in [1.82, 2.24) is 0 Å². The highest BCUT2D eigenvalue weighted by Crippen LogP contribution is 2.28. The summed E-state index contributed by atoms with van der Waals surface area (Å²) in [5.41, 5.74) is 12.0. The molecule has 1 rings (SSSR count). The van der Waals surface area contributed by atoms with Crippen LogP contribution < -0.4 is 16.2 Å². The summed E-state index contributed by atoms with van der Waals surface area (Å²) >= 11 is 0. The molecule has 122 valence electrons. The van der Waals surface area contributed by atoms with Crippen molar-refractivity contribution in [2.24, 2.45) is 11.5 Å². The number of unbranched alkanes of at least 4 members (excludes halogenated alkanes) is 1. The Balaban J connectivity index is 0.00000400. The van der Waals surface area contributed by atoms with Gasteiger partial charge in [-0.3, -0.25) is 0 Å². The first kappa shape index (κ1) is 19.9. The van der Waals surface area contributed by atoms with Gasteiger partial charge in [0.15, 0.2) is 0 Å². The quantitative estimate of drug-likeness (QED) is 0.566. The molecule has 0 spiro atoms. The van der Waals surface area contributed by atoms with E-state index in [-0.39, 0.29) is 24.2 Å². The van der Waals surface area contributed by atoms with Crippen molar-refractivity contribution in [3.05, 3.63) is 29.8 Å². The van der Waals surface area contributed by atoms with Gasteiger partial charge in [-0.25, -0.2) is 0 Å². The second-order valence-electron chi connectivity index (χ2n) is 4.42. The minimum Gasteiger partial charge on any atom is -0.428 e. The zero-order chi connectivity index (χ0) is 15.2. The minimum atomic E-state index is -4.50. The lowest BCUT2D eigenvalue weighted by Crippen LogP contribution is -2.33. The maximum absolute atomic E-state index is 12.7. The van der Waals surface area contributed by atoms with E-state index in [4.69, 9.17) is 11.5 Å². The number of rotatable bonds is 8. The van der Waals surface area contributed by atoms with Crippen molar-refractivity contribution in [1.29, 1.82) is 0 Å². The van der Waals surface area contributed by atoms with Gasteiger partial charge < -0.3 is 16.2 Å². The average molecular weight is 331 g/mol. The summed E-state index contributed by atoms with van der Waals surface area (Å²) < 4.78 is 53.3. The van der Waals surface area contributed by atoms with Crippen molar-refractivity contribution >= 4 is 12.4 Å². The molecule has 1 aromatic rings. The molecule has 3 nitrogen and oxygen atoms in total. The van der Waals surface area contributed by atoms with Crippen molar-refractivity contribution in [3.63, 3.8) is 0 Å². The van der Waals surface area contributed by atoms with Gasteiger partial charge in [0, 0.05) is 6.04 Å². The van der Waals surface area contributed by atoms with Crippen LogP contribution in [-0.2, 0) is 0 Å². The molecule has 21 heavy (non-hydrogen) atoms. The van der Waals surface area contributed by atoms with E-state index < -0.39 is 12.5 Å². The van der Waals surface area contributed by atoms with E-state index in [0.717, 1.165) is 18.4 Å². The van der Waals surface area contributed by atoms with Crippen molar-refractivity contribution in [2.45, 2.75) is 37.8 Å². The Bertz CT molecular complexity index is 404. The van der Waals surface area contributed by atoms with Crippen LogP contribution in [0.2, 0.25) is 0 Å². The Morgan fingerprint density at radius 3 is 2.14 bits per heavy atom. The van der Waals surface area contributed by atoms with E-state index in [0.29, 0.717) is 13.0 Å². The predicted molar refractivity (Wildman–Crippen MR) is 75.1 cm³/mol. The van der Waals surface area contributed by atoms with E-state index in [1.165, 1.54) is 24.3 Å². The molecule has 0 aliphatic rings. The normalized spacial score (nSPS) is 12.9. The van der Waals surface area contributed by atoms with Crippen LogP contribution in [0.15, 0.2) is 24.3 Å². The Kier molecular flexibility index (Phi) is 8.61. The molecule has 4 N–H and O–H groups in total. The molecular formula is C13H19ClF4N2O. The molecule has 0 fully saturated rings. The molecule has 1 aromatic carbocycles. The van der Waals surface area contributed by atoms with Gasteiger partial charge in [0.25, 0.3) is 0 Å². The Labute approximate surface area is 127 Å². The molecule has 0 aromatic heterocycles. The van der Waals surface area contributed by atoms with Gasteiger partial charge in [-0.15, -0.1) is 12.4 Å². The van der Waals surface area contributed by atoms with Gasteiger partial charge in [0.05, 0.1) is 0 Å². The average Bonchev–Trinajstić information content (AvgIpc) is 2.39. The van der Waals surface area contributed by atoms with Crippen LogP contribution in [0.1, 0.15) is 30.9 Å². The summed E-state index contributed by atoms with van der Waals surface area (Å²) in [5.74, 6) is -0.326. The lowest BCUT2D eigenvalue weighted by molar-refractivity contribution is -0.253. The minimum absolute atomic E-state index is 0. The summed E-state index contributed by atoms with van der Waals surface area (Å²) in [4.78, 5) is 0. The van der Waals surface area contributed by atoms with Crippen LogP contribution in [0, 0.1) is 0 Å². The van der Waals surface area contributed by atoms with E-state index in [9.17, 15) is 17.6 Å². The molecule has 1 atom stereocenters. The lowest BCUT2D eigenvalue weighted by atomic mass is 10.0. The van der Waals surface area contributed by atoms with Gasteiger partial charge >= 0.3 is 12.5 Å². The molecule has 0 saturated carbocycles. The zero-order valence-electron chi connectivity index (χ0n) is 11.3. The third-order valence-electron chi connectivity index (χ3n) is 2.79. The molecule has 0 heterocycles. The van der Waals surface area contributed by atoms with Crippen LogP contribution in [0.4, 0.5) is 17.6 Å². The van der Waals surface area contributed by atoms with Gasteiger partial charge in [-0.1, -0.05) is 18.6 Å². The summed E-state index contributed by atoms with van der Waals surface area (Å²) in [5, 5.41) is 0. The van der Waals surface area contributed by atoms with Gasteiger partial charge in [0.1, 0.15) is 5.75 Å². The topological polar surface area (TPSA) is 61.3 Å². The molecule has 0 aliphatic heterocycles. The zero-order valence-corrected chi connectivity index (χ0v) is 12.1. The summed E-state index contributed by atoms with van der Waals surface area (Å²) in [6.07, 6.45) is -5.94. The first-order chi connectivity index (χ1) is 9.36. The number of nitrogens with two attached hydrogens (primary N) is 2. The third-order valence-corrected chi connectivity index (χ3v) is 2.79. The first-order valence-corrected chi connectivity index (χ1v) is 6.27. The Morgan fingerprint density at radius 1 is 1.10 bits per heavy atom. The lowest BCUT2D eigenvalue weighted by Gasteiger charge is -2.17. The van der Waals surface area contributed by atoms with Crippen LogP contribution in [0.5, 0.6) is 5.75 Å². The Hall–Kier alpha value is -1.05. The van der Waals surface area contributed by atoms with E-state index in [2.05, 4.69) is 4.74 Å². The van der Waals surface area contributed by atoms with Gasteiger partial charge in [-0.2, -0.15) is 17.6 Å². The van der Waals surface area contributed by atoms with Crippen LogP contribution >= 0.6 is 12.4 Å². The number of alkyl halides is 4. The molecule has 8 heteroatoms. The molecule has 0 unspecified atom stereocenters. The second-order valence-corrected chi connectivity index (χ2v) is 4.42. The highest BCUT2D eigenvalue weighted by molar-refractivity contribution is 5.85. The molecule has 0 aliphatic carbocycles. The molecule has 0 bridgehead atoms. The van der Waals surface area contributed by atoms with Crippen molar-refractivity contribution in [2.75, 3.05) is 6.54 Å². The predicted octanol–water partition coefficient (Wildman–Crippen LogP) is 3.47. The number of hydrogen-bond acceptors (Lipinski definition) is 3. The Morgan fingerprint density at radius 2 is 1.67 bits per heavy atom. The summed E-state index contributed by atoms with van der Waals surface area (Å²) in [6.45, 7) is 0.586. The largest absolute Gasteiger partial charge is 0.461 e. The van der Waals surface area contributed by atoms with E-state index in [1.54, 1.807) is 0 Å². The van der Waals surface area contributed by atoms with E-state index >= 15 is 0 Å². The van der Waals surface area contributed by atoms with Crippen LogP contribution in [0.25, 0.3) is 0 Å². The van der Waals surface area contributed by atoms with E-state index in [1.807, 2.05) is 0 Å². The fourth-order valence-electron chi connectivity index (χ4n) is 1.66. The molecule has 0 amide bonds. The fourth-order valence-corrected chi connectivity index (χ4v) is 1.66. The number of ether oxygens (including phenoxy) is 1. The molecule has 0 radical (unpaired) electrons. The number of benzene rings is 1. The van der Waals surface area contributed by atoms with Crippen LogP contribution in [0.3, 0.4) is 0 Å². The second kappa shape index (κ2) is 9.07. The monoisotopic (exact) mass is 330 g/mol. The van der Waals surface area contributed by atoms with Gasteiger partial charge in [-0.05, 0) is 37.1 Å². The number of hydrogen-bond donors (Lipinski definition) is 2. The maximum atomic E-state index is 12.7. The first-order valence-electron chi connectivity index (χ1n) is 6.27. The van der Waals surface area contributed by atoms with Gasteiger partial charge in [0.2, 0.25) is 0 Å². The highest BCUT2D eigenvalue weighted by atomic mass is 35.5. The SMILES string of the molecule is Cl.NCCCC[C@@H](N)c1ccc(OC(F)(F)C(F)F)cc1. The van der Waals surface area contributed by atoms with Crippen molar-refractivity contribution in [3.8, 4) is 5.75 Å². The number of halogens is 5. The maximum Gasteiger partial charge on any atom is 0.461 e. The fraction of sp³-hybridized carbons (Fsp3) is 0.538. The smallest absolute Gasteiger partial charge is 0.428 e. The van der Waals surface area contributed by atoms with Crippen LogP contribution in [-0.4, -0.2) is 19.1 Å². The summed E-state index contributed by atoms with van der Waals surface area (Å²) in [6, 6.07) is 5.14. The standard InChI is InChI=1S/C13H18F4N2O.ClH/c14-12(15)13(16,17)20-10-6-4-9(5-7-10)11(19)3-1-2-8-18;/h4-7,11-12H,1-3,8,18-19H2;1H/t11-;/m1./s1. The van der Waals surface area contributed by atoms with Crippen molar-refractivity contribution < 1.29 is 22.3 Å². The molecule has 0 saturated heterocycles.